The lowest BCUT2D eigenvalue weighted by molar-refractivity contribution is 0.0115. The molecule has 0 aliphatic carbocycles. The average molecular weight is 316 g/mol. The molecular formula is C18H21FN2O2. The summed E-state index contributed by atoms with van der Waals surface area (Å²) in [6.07, 6.45) is 3.71. The first kappa shape index (κ1) is 14.7. The lowest BCUT2D eigenvalue weighted by Crippen LogP contribution is -2.33. The van der Waals surface area contributed by atoms with Crippen molar-refractivity contribution in [3.8, 4) is 0 Å². The Labute approximate surface area is 135 Å². The van der Waals surface area contributed by atoms with Gasteiger partial charge in [0, 0.05) is 25.2 Å². The van der Waals surface area contributed by atoms with E-state index in [-0.39, 0.29) is 17.5 Å². The van der Waals surface area contributed by atoms with Crippen molar-refractivity contribution in [2.45, 2.75) is 31.0 Å². The van der Waals surface area contributed by atoms with Crippen LogP contribution in [-0.2, 0) is 11.3 Å². The van der Waals surface area contributed by atoms with Gasteiger partial charge in [0.1, 0.15) is 11.6 Å². The Morgan fingerprint density at radius 3 is 3.09 bits per heavy atom. The summed E-state index contributed by atoms with van der Waals surface area (Å²) in [6, 6.07) is 10.8. The smallest absolute Gasteiger partial charge is 0.125 e. The van der Waals surface area contributed by atoms with E-state index in [1.54, 1.807) is 12.3 Å². The Hall–Kier alpha value is -1.85. The van der Waals surface area contributed by atoms with Crippen LogP contribution in [-0.4, -0.2) is 36.2 Å². The minimum absolute atomic E-state index is 0.0718. The standard InChI is InChI=1S/C18H21FN2O2/c19-14-3-1-4-15(9-14)20-16-10-18(23-12-16)6-7-21(13-18)11-17-5-2-8-22-17/h1-5,8-9,16,20H,6-7,10-13H2/t16-,18+/m0/s1. The maximum absolute atomic E-state index is 13.3. The molecule has 1 spiro atoms. The van der Waals surface area contributed by atoms with Gasteiger partial charge in [0.05, 0.1) is 31.1 Å². The summed E-state index contributed by atoms with van der Waals surface area (Å²) in [6.45, 7) is 3.45. The van der Waals surface area contributed by atoms with E-state index in [0.717, 1.165) is 43.9 Å². The molecule has 0 radical (unpaired) electrons. The number of furan rings is 1. The molecular weight excluding hydrogens is 295 g/mol. The van der Waals surface area contributed by atoms with E-state index in [4.69, 9.17) is 9.15 Å². The van der Waals surface area contributed by atoms with Crippen LogP contribution in [0.25, 0.3) is 0 Å². The lowest BCUT2D eigenvalue weighted by atomic mass is 9.97. The van der Waals surface area contributed by atoms with Crippen molar-refractivity contribution in [3.63, 3.8) is 0 Å². The summed E-state index contributed by atoms with van der Waals surface area (Å²) >= 11 is 0. The Morgan fingerprint density at radius 1 is 1.30 bits per heavy atom. The van der Waals surface area contributed by atoms with Gasteiger partial charge in [0.2, 0.25) is 0 Å². The first-order chi connectivity index (χ1) is 11.2. The minimum atomic E-state index is -0.214. The van der Waals surface area contributed by atoms with Crippen LogP contribution in [0.15, 0.2) is 47.1 Å². The third kappa shape index (κ3) is 3.26. The first-order valence-corrected chi connectivity index (χ1v) is 8.12. The zero-order valence-corrected chi connectivity index (χ0v) is 13.0. The van der Waals surface area contributed by atoms with Crippen LogP contribution in [0.5, 0.6) is 0 Å². The average Bonchev–Trinajstić information content (AvgIpc) is 3.24. The Bertz CT molecular complexity index is 661. The number of hydrogen-bond acceptors (Lipinski definition) is 4. The number of halogens is 1. The molecule has 2 atom stereocenters. The SMILES string of the molecule is Fc1cccc(N[C@@H]2CO[C@]3(CCN(Cc4ccco4)C3)C2)c1. The van der Waals surface area contributed by atoms with Crippen molar-refractivity contribution < 1.29 is 13.5 Å². The highest BCUT2D eigenvalue weighted by atomic mass is 19.1. The summed E-state index contributed by atoms with van der Waals surface area (Å²) in [4.78, 5) is 2.38. The zero-order valence-electron chi connectivity index (χ0n) is 13.0. The number of ether oxygens (including phenoxy) is 1. The molecule has 1 aromatic heterocycles. The van der Waals surface area contributed by atoms with E-state index in [1.165, 1.54) is 12.1 Å². The maximum Gasteiger partial charge on any atom is 0.125 e. The summed E-state index contributed by atoms with van der Waals surface area (Å²) in [5.74, 6) is 0.781. The highest BCUT2D eigenvalue weighted by molar-refractivity contribution is 5.44. The predicted octanol–water partition coefficient (Wildman–Crippen LogP) is 3.26. The molecule has 3 heterocycles. The highest BCUT2D eigenvalue weighted by Crippen LogP contribution is 2.36. The molecule has 4 nitrogen and oxygen atoms in total. The number of hydrogen-bond donors (Lipinski definition) is 1. The predicted molar refractivity (Wildman–Crippen MR) is 85.7 cm³/mol. The van der Waals surface area contributed by atoms with E-state index in [0.29, 0.717) is 6.61 Å². The Balaban J connectivity index is 1.34. The van der Waals surface area contributed by atoms with Crippen molar-refractivity contribution >= 4 is 5.69 Å². The van der Waals surface area contributed by atoms with Crippen molar-refractivity contribution in [2.24, 2.45) is 0 Å². The highest BCUT2D eigenvalue weighted by Gasteiger charge is 2.45. The van der Waals surface area contributed by atoms with Gasteiger partial charge in [-0.2, -0.15) is 0 Å². The third-order valence-corrected chi connectivity index (χ3v) is 4.76. The van der Waals surface area contributed by atoms with Crippen molar-refractivity contribution in [3.05, 3.63) is 54.2 Å². The number of nitrogens with zero attached hydrogens (tertiary/aromatic N) is 1. The summed E-state index contributed by atoms with van der Waals surface area (Å²) in [5.41, 5.74) is 0.749. The van der Waals surface area contributed by atoms with Crippen LogP contribution in [0.4, 0.5) is 10.1 Å². The molecule has 23 heavy (non-hydrogen) atoms. The van der Waals surface area contributed by atoms with Gasteiger partial charge in [-0.3, -0.25) is 4.90 Å². The molecule has 1 aromatic carbocycles. The second kappa shape index (κ2) is 5.98. The molecule has 0 saturated carbocycles. The molecule has 122 valence electrons. The van der Waals surface area contributed by atoms with Gasteiger partial charge < -0.3 is 14.5 Å². The molecule has 0 bridgehead atoms. The fourth-order valence-corrected chi connectivity index (χ4v) is 3.72. The number of rotatable bonds is 4. The molecule has 5 heteroatoms. The normalized spacial score (nSPS) is 27.8. The van der Waals surface area contributed by atoms with Crippen LogP contribution in [0.1, 0.15) is 18.6 Å². The monoisotopic (exact) mass is 316 g/mol. The van der Waals surface area contributed by atoms with Gasteiger partial charge in [-0.05, 0) is 36.8 Å². The number of likely N-dealkylation sites (tertiary alicyclic amines) is 1. The summed E-state index contributed by atoms with van der Waals surface area (Å²) in [5, 5.41) is 3.39. The number of anilines is 1. The second-order valence-corrected chi connectivity index (χ2v) is 6.59. The first-order valence-electron chi connectivity index (χ1n) is 8.12. The molecule has 0 amide bonds. The molecule has 2 saturated heterocycles. The van der Waals surface area contributed by atoms with Crippen LogP contribution in [0.3, 0.4) is 0 Å². The molecule has 0 unspecified atom stereocenters. The third-order valence-electron chi connectivity index (χ3n) is 4.76. The van der Waals surface area contributed by atoms with E-state index in [9.17, 15) is 4.39 Å². The van der Waals surface area contributed by atoms with Gasteiger partial charge in [-0.15, -0.1) is 0 Å². The number of benzene rings is 1. The molecule has 2 aromatic rings. The van der Waals surface area contributed by atoms with E-state index < -0.39 is 0 Å². The van der Waals surface area contributed by atoms with Crippen molar-refractivity contribution in [1.29, 1.82) is 0 Å². The molecule has 2 aliphatic rings. The maximum atomic E-state index is 13.3. The number of nitrogens with one attached hydrogen (secondary N) is 1. The van der Waals surface area contributed by atoms with Gasteiger partial charge in [0.25, 0.3) is 0 Å². The van der Waals surface area contributed by atoms with Gasteiger partial charge in [-0.1, -0.05) is 6.07 Å². The Kier molecular flexibility index (Phi) is 3.83. The van der Waals surface area contributed by atoms with Gasteiger partial charge in [0.15, 0.2) is 0 Å². The van der Waals surface area contributed by atoms with E-state index in [2.05, 4.69) is 10.2 Å². The second-order valence-electron chi connectivity index (χ2n) is 6.59. The quantitative estimate of drug-likeness (QED) is 0.939. The van der Waals surface area contributed by atoms with Gasteiger partial charge in [-0.25, -0.2) is 4.39 Å². The molecule has 2 fully saturated rings. The largest absolute Gasteiger partial charge is 0.468 e. The van der Waals surface area contributed by atoms with Gasteiger partial charge >= 0.3 is 0 Å². The zero-order chi connectivity index (χ0) is 15.7. The molecule has 4 rings (SSSR count). The topological polar surface area (TPSA) is 37.6 Å². The van der Waals surface area contributed by atoms with Crippen molar-refractivity contribution in [1.82, 2.24) is 4.90 Å². The van der Waals surface area contributed by atoms with Crippen LogP contribution >= 0.6 is 0 Å². The summed E-state index contributed by atoms with van der Waals surface area (Å²) < 4.78 is 24.8. The summed E-state index contributed by atoms with van der Waals surface area (Å²) in [7, 11) is 0. The van der Waals surface area contributed by atoms with Crippen LogP contribution in [0, 0.1) is 5.82 Å². The minimum Gasteiger partial charge on any atom is -0.468 e. The fraction of sp³-hybridized carbons (Fsp3) is 0.444. The molecule has 2 aliphatic heterocycles. The van der Waals surface area contributed by atoms with Crippen LogP contribution in [0.2, 0.25) is 0 Å². The van der Waals surface area contributed by atoms with E-state index >= 15 is 0 Å². The fourth-order valence-electron chi connectivity index (χ4n) is 3.72. The van der Waals surface area contributed by atoms with Crippen molar-refractivity contribution in [2.75, 3.05) is 25.0 Å². The lowest BCUT2D eigenvalue weighted by Gasteiger charge is -2.23. The van der Waals surface area contributed by atoms with E-state index in [1.807, 2.05) is 18.2 Å². The molecule has 1 N–H and O–H groups in total. The van der Waals surface area contributed by atoms with Crippen LogP contribution < -0.4 is 5.32 Å². The Morgan fingerprint density at radius 2 is 2.26 bits per heavy atom.